The second-order valence-electron chi connectivity index (χ2n) is 8.82. The Morgan fingerprint density at radius 1 is 0.444 bits per heavy atom. The Morgan fingerprint density at radius 2 is 0.833 bits per heavy atom. The van der Waals surface area contributed by atoms with Crippen LogP contribution in [0.5, 0.6) is 17.2 Å². The molecule has 0 aliphatic heterocycles. The molecule has 3 nitrogen and oxygen atoms in total. The summed E-state index contributed by atoms with van der Waals surface area (Å²) in [4.78, 5) is 0. The number of aryl methyl sites for hydroxylation is 1. The van der Waals surface area contributed by atoms with Gasteiger partial charge in [-0.05, 0) is 76.7 Å². The van der Waals surface area contributed by atoms with Gasteiger partial charge >= 0.3 is 0 Å². The molecule has 0 fully saturated rings. The van der Waals surface area contributed by atoms with Crippen molar-refractivity contribution in [1.29, 1.82) is 0 Å². The molecule has 5 aromatic rings. The number of phenols is 1. The molecular formula is C33H28O3. The van der Waals surface area contributed by atoms with Gasteiger partial charge in [0.05, 0.1) is 14.2 Å². The van der Waals surface area contributed by atoms with E-state index in [2.05, 4.69) is 79.7 Å². The maximum absolute atomic E-state index is 9.58. The molecule has 5 rings (SSSR count). The van der Waals surface area contributed by atoms with Gasteiger partial charge in [-0.2, -0.15) is 0 Å². The van der Waals surface area contributed by atoms with Gasteiger partial charge in [0.2, 0.25) is 0 Å². The van der Waals surface area contributed by atoms with E-state index in [-0.39, 0.29) is 5.75 Å². The number of rotatable bonds is 6. The van der Waals surface area contributed by atoms with Crippen molar-refractivity contribution in [2.24, 2.45) is 0 Å². The number of hydrogen-bond donors (Lipinski definition) is 1. The Labute approximate surface area is 212 Å². The molecule has 5 aromatic carbocycles. The lowest BCUT2D eigenvalue weighted by Crippen LogP contribution is -1.92. The molecule has 3 heteroatoms. The van der Waals surface area contributed by atoms with E-state index < -0.39 is 0 Å². The van der Waals surface area contributed by atoms with Gasteiger partial charge in [0.15, 0.2) is 0 Å². The Kier molecular flexibility index (Phi) is 6.46. The zero-order valence-electron chi connectivity index (χ0n) is 20.7. The van der Waals surface area contributed by atoms with Crippen molar-refractivity contribution >= 4 is 0 Å². The van der Waals surface area contributed by atoms with E-state index in [1.54, 1.807) is 26.4 Å². The first-order chi connectivity index (χ1) is 17.6. The summed E-state index contributed by atoms with van der Waals surface area (Å²) in [6, 6.07) is 36.7. The molecule has 0 radical (unpaired) electrons. The Balaban J connectivity index is 1.56. The van der Waals surface area contributed by atoms with Gasteiger partial charge < -0.3 is 14.6 Å². The van der Waals surface area contributed by atoms with Crippen molar-refractivity contribution in [1.82, 2.24) is 0 Å². The monoisotopic (exact) mass is 472 g/mol. The van der Waals surface area contributed by atoms with E-state index in [1.165, 1.54) is 11.1 Å². The summed E-state index contributed by atoms with van der Waals surface area (Å²) in [6.07, 6.45) is 0. The zero-order chi connectivity index (χ0) is 25.1. The van der Waals surface area contributed by atoms with Crippen LogP contribution in [0.2, 0.25) is 0 Å². The number of aromatic hydroxyl groups is 1. The van der Waals surface area contributed by atoms with Crippen LogP contribution in [0.1, 0.15) is 5.56 Å². The van der Waals surface area contributed by atoms with Crippen LogP contribution in [-0.2, 0) is 0 Å². The SMILES string of the molecule is COc1ccc(-c2ccc(C)cc2)cc1-c1ccc(OC)c(-c2ccc(-c3ccc(O)cc3)cc2)c1. The quantitative estimate of drug-likeness (QED) is 0.270. The van der Waals surface area contributed by atoms with Crippen LogP contribution in [0.3, 0.4) is 0 Å². The fourth-order valence-corrected chi connectivity index (χ4v) is 4.46. The molecule has 36 heavy (non-hydrogen) atoms. The second kappa shape index (κ2) is 10.0. The summed E-state index contributed by atoms with van der Waals surface area (Å²) in [6.45, 7) is 2.10. The lowest BCUT2D eigenvalue weighted by atomic mass is 9.94. The van der Waals surface area contributed by atoms with Gasteiger partial charge in [-0.3, -0.25) is 0 Å². The molecule has 0 saturated heterocycles. The maximum atomic E-state index is 9.58. The largest absolute Gasteiger partial charge is 0.508 e. The third-order valence-corrected chi connectivity index (χ3v) is 6.49. The minimum absolute atomic E-state index is 0.263. The topological polar surface area (TPSA) is 38.7 Å². The van der Waals surface area contributed by atoms with Crippen LogP contribution < -0.4 is 9.47 Å². The third kappa shape index (κ3) is 4.69. The average Bonchev–Trinajstić information content (AvgIpc) is 2.93. The lowest BCUT2D eigenvalue weighted by Gasteiger charge is -2.15. The van der Waals surface area contributed by atoms with Crippen LogP contribution in [0.25, 0.3) is 44.5 Å². The second-order valence-corrected chi connectivity index (χ2v) is 8.82. The number of benzene rings is 5. The Hall–Kier alpha value is -4.50. The van der Waals surface area contributed by atoms with Crippen LogP contribution in [0.15, 0.2) is 109 Å². The van der Waals surface area contributed by atoms with Gasteiger partial charge in [0.25, 0.3) is 0 Å². The molecule has 0 saturated carbocycles. The first-order valence-corrected chi connectivity index (χ1v) is 11.9. The van der Waals surface area contributed by atoms with Gasteiger partial charge in [-0.15, -0.1) is 0 Å². The Morgan fingerprint density at radius 3 is 1.42 bits per heavy atom. The van der Waals surface area contributed by atoms with Crippen molar-refractivity contribution in [2.75, 3.05) is 14.2 Å². The number of ether oxygens (including phenoxy) is 2. The molecule has 0 aromatic heterocycles. The molecule has 0 aliphatic carbocycles. The van der Waals surface area contributed by atoms with Crippen LogP contribution >= 0.6 is 0 Å². The van der Waals surface area contributed by atoms with Crippen LogP contribution in [0.4, 0.5) is 0 Å². The van der Waals surface area contributed by atoms with E-state index in [9.17, 15) is 5.11 Å². The predicted octanol–water partition coefficient (Wildman–Crippen LogP) is 8.39. The standard InChI is InChI=1S/C33H28O3/c1-22-4-6-25(7-5-22)27-14-18-33(36-3)31(20-27)28-15-19-32(35-2)30(21-28)26-10-8-23(9-11-26)24-12-16-29(34)17-13-24/h4-21,34H,1-3H3. The highest BCUT2D eigenvalue weighted by atomic mass is 16.5. The Bertz CT molecular complexity index is 1480. The van der Waals surface area contributed by atoms with Gasteiger partial charge in [0.1, 0.15) is 17.2 Å². The summed E-state index contributed by atoms with van der Waals surface area (Å²) in [5, 5.41) is 9.58. The minimum Gasteiger partial charge on any atom is -0.508 e. The molecular weight excluding hydrogens is 444 g/mol. The summed E-state index contributed by atoms with van der Waals surface area (Å²) in [7, 11) is 3.40. The van der Waals surface area contributed by atoms with E-state index >= 15 is 0 Å². The molecule has 178 valence electrons. The highest BCUT2D eigenvalue weighted by Gasteiger charge is 2.13. The molecule has 0 heterocycles. The molecule has 0 spiro atoms. The number of methoxy groups -OCH3 is 2. The van der Waals surface area contributed by atoms with E-state index in [4.69, 9.17) is 9.47 Å². The molecule has 0 atom stereocenters. The smallest absolute Gasteiger partial charge is 0.126 e. The summed E-state index contributed by atoms with van der Waals surface area (Å²) < 4.78 is 11.5. The fraction of sp³-hybridized carbons (Fsp3) is 0.0909. The van der Waals surface area contributed by atoms with Crippen LogP contribution in [0, 0.1) is 6.92 Å². The van der Waals surface area contributed by atoms with E-state index in [0.29, 0.717) is 0 Å². The maximum Gasteiger partial charge on any atom is 0.126 e. The zero-order valence-corrected chi connectivity index (χ0v) is 20.7. The highest BCUT2D eigenvalue weighted by Crippen LogP contribution is 2.39. The van der Waals surface area contributed by atoms with Crippen molar-refractivity contribution in [3.63, 3.8) is 0 Å². The fourth-order valence-electron chi connectivity index (χ4n) is 4.46. The molecule has 0 bridgehead atoms. The minimum atomic E-state index is 0.263. The normalized spacial score (nSPS) is 10.8. The van der Waals surface area contributed by atoms with E-state index in [1.807, 2.05) is 24.3 Å². The number of hydrogen-bond acceptors (Lipinski definition) is 3. The van der Waals surface area contributed by atoms with Crippen molar-refractivity contribution < 1.29 is 14.6 Å². The van der Waals surface area contributed by atoms with Crippen LogP contribution in [-0.4, -0.2) is 19.3 Å². The first-order valence-electron chi connectivity index (χ1n) is 11.9. The third-order valence-electron chi connectivity index (χ3n) is 6.49. The number of phenolic OH excluding ortho intramolecular Hbond substituents is 1. The first kappa shape index (κ1) is 23.3. The van der Waals surface area contributed by atoms with Crippen molar-refractivity contribution in [3.8, 4) is 61.8 Å². The summed E-state index contributed by atoms with van der Waals surface area (Å²) in [5.41, 5.74) is 9.84. The summed E-state index contributed by atoms with van der Waals surface area (Å²) in [5.74, 6) is 1.90. The predicted molar refractivity (Wildman–Crippen MR) is 148 cm³/mol. The lowest BCUT2D eigenvalue weighted by molar-refractivity contribution is 0.415. The molecule has 1 N–H and O–H groups in total. The molecule has 0 amide bonds. The van der Waals surface area contributed by atoms with Crippen molar-refractivity contribution in [2.45, 2.75) is 6.92 Å². The van der Waals surface area contributed by atoms with Gasteiger partial charge in [0, 0.05) is 11.1 Å². The summed E-state index contributed by atoms with van der Waals surface area (Å²) >= 11 is 0. The van der Waals surface area contributed by atoms with Gasteiger partial charge in [-0.1, -0.05) is 78.4 Å². The van der Waals surface area contributed by atoms with E-state index in [0.717, 1.165) is 50.4 Å². The highest BCUT2D eigenvalue weighted by molar-refractivity contribution is 5.83. The van der Waals surface area contributed by atoms with Gasteiger partial charge in [-0.25, -0.2) is 0 Å². The average molecular weight is 473 g/mol. The molecule has 0 unspecified atom stereocenters. The van der Waals surface area contributed by atoms with Crippen molar-refractivity contribution in [3.05, 3.63) is 115 Å². The molecule has 0 aliphatic rings.